The van der Waals surface area contributed by atoms with Crippen LogP contribution in [0.25, 0.3) is 0 Å². The predicted molar refractivity (Wildman–Crippen MR) is 136 cm³/mol. The number of carbonyl (C=O) groups excluding carboxylic acids is 2. The third-order valence-electron chi connectivity index (χ3n) is 12.5. The van der Waals surface area contributed by atoms with E-state index in [0.29, 0.717) is 30.5 Å². The molecule has 0 aliphatic heterocycles. The van der Waals surface area contributed by atoms with Crippen molar-refractivity contribution in [2.24, 2.45) is 45.3 Å². The highest BCUT2D eigenvalue weighted by Crippen LogP contribution is 2.75. The zero-order valence-corrected chi connectivity index (χ0v) is 22.8. The summed E-state index contributed by atoms with van der Waals surface area (Å²) in [4.78, 5) is 38.2. The van der Waals surface area contributed by atoms with Gasteiger partial charge >= 0.3 is 6.09 Å². The summed E-state index contributed by atoms with van der Waals surface area (Å²) >= 11 is 0. The third kappa shape index (κ3) is 3.02. The maximum Gasteiger partial charge on any atom is 0.405 e. The van der Waals surface area contributed by atoms with Gasteiger partial charge in [0.2, 0.25) is 0 Å². The molecule has 0 bridgehead atoms. The summed E-state index contributed by atoms with van der Waals surface area (Å²) in [6, 6.07) is 0. The minimum Gasteiger partial charge on any atom is -0.465 e. The highest BCUT2D eigenvalue weighted by atomic mass is 16.4. The van der Waals surface area contributed by atoms with Crippen molar-refractivity contribution in [2.75, 3.05) is 0 Å². The fraction of sp³-hybridized carbons (Fsp3) is 0.833. The fourth-order valence-corrected chi connectivity index (χ4v) is 10.8. The lowest BCUT2D eigenvalue weighted by Crippen LogP contribution is -2.66. The molecule has 0 unspecified atom stereocenters. The number of hydrogen-bond acceptors (Lipinski definition) is 3. The van der Waals surface area contributed by atoms with Crippen LogP contribution < -0.4 is 5.32 Å². The molecule has 7 atom stereocenters. The largest absolute Gasteiger partial charge is 0.465 e. The maximum absolute atomic E-state index is 13.3. The molecule has 0 aromatic carbocycles. The Morgan fingerprint density at radius 1 is 0.914 bits per heavy atom. The molecule has 0 saturated heterocycles. The second-order valence-electron chi connectivity index (χ2n) is 14.4. The number of hydrogen-bond donors (Lipinski definition) is 2. The van der Waals surface area contributed by atoms with E-state index >= 15 is 0 Å². The van der Waals surface area contributed by atoms with Crippen molar-refractivity contribution >= 4 is 17.7 Å². The van der Waals surface area contributed by atoms with Crippen LogP contribution in [0, 0.1) is 45.3 Å². The van der Waals surface area contributed by atoms with Crippen LogP contribution in [-0.4, -0.2) is 28.3 Å². The highest BCUT2D eigenvalue weighted by Gasteiger charge is 2.70. The van der Waals surface area contributed by atoms with E-state index in [1.807, 2.05) is 0 Å². The first-order chi connectivity index (χ1) is 16.1. The lowest BCUT2D eigenvalue weighted by Gasteiger charge is -2.71. The van der Waals surface area contributed by atoms with Crippen molar-refractivity contribution < 1.29 is 19.5 Å². The Bertz CT molecular complexity index is 1030. The number of carbonyl (C=O) groups is 3. The average molecular weight is 484 g/mol. The predicted octanol–water partition coefficient (Wildman–Crippen LogP) is 6.56. The van der Waals surface area contributed by atoms with Gasteiger partial charge in [-0.05, 0) is 96.0 Å². The molecule has 5 nitrogen and oxygen atoms in total. The van der Waals surface area contributed by atoms with Gasteiger partial charge in [0.25, 0.3) is 0 Å². The van der Waals surface area contributed by atoms with E-state index in [0.717, 1.165) is 49.7 Å². The molecule has 1 amide bonds. The molecule has 0 aromatic rings. The van der Waals surface area contributed by atoms with Crippen LogP contribution in [0.1, 0.15) is 106 Å². The lowest BCUT2D eigenvalue weighted by atomic mass is 9.33. The number of amides is 1. The molecule has 0 radical (unpaired) electrons. The minimum absolute atomic E-state index is 0.0132. The van der Waals surface area contributed by atoms with Crippen LogP contribution in [0.15, 0.2) is 11.1 Å². The summed E-state index contributed by atoms with van der Waals surface area (Å²) in [5.41, 5.74) is 1.32. The van der Waals surface area contributed by atoms with Crippen LogP contribution in [0.5, 0.6) is 0 Å². The number of Topliss-reactive ketones (excluding diaryl/α,β-unsaturated/α-hetero) is 2. The SMILES string of the molecule is CC(C)C1=C2[C@H]3CC[C@@H]4[C@@]5(C)CCC(=O)C(C)(C)[C@@H]5CC[C@@]4(C)[C@]3(C)CC[C@@]2(NC(=O)O)CC1=O. The second-order valence-corrected chi connectivity index (χ2v) is 14.4. The summed E-state index contributed by atoms with van der Waals surface area (Å²) < 4.78 is 0. The van der Waals surface area contributed by atoms with Gasteiger partial charge < -0.3 is 10.4 Å². The molecule has 35 heavy (non-hydrogen) atoms. The van der Waals surface area contributed by atoms with Crippen molar-refractivity contribution in [3.63, 3.8) is 0 Å². The zero-order valence-electron chi connectivity index (χ0n) is 22.8. The molecular weight excluding hydrogens is 438 g/mol. The molecule has 2 N–H and O–H groups in total. The van der Waals surface area contributed by atoms with E-state index in [1.54, 1.807) is 0 Å². The number of ketones is 2. The monoisotopic (exact) mass is 483 g/mol. The number of rotatable bonds is 2. The normalized spacial score (nSPS) is 46.6. The van der Waals surface area contributed by atoms with Crippen molar-refractivity contribution in [2.45, 2.75) is 112 Å². The molecule has 5 rings (SSSR count). The summed E-state index contributed by atoms with van der Waals surface area (Å²) in [5.74, 6) is 1.87. The molecule has 0 aromatic heterocycles. The molecule has 5 aliphatic carbocycles. The van der Waals surface area contributed by atoms with Crippen LogP contribution in [-0.2, 0) is 9.59 Å². The molecule has 5 aliphatic rings. The summed E-state index contributed by atoms with van der Waals surface area (Å²) in [6.07, 6.45) is 6.88. The number of fused-ring (bicyclic) bond motifs is 7. The van der Waals surface area contributed by atoms with Gasteiger partial charge in [-0.15, -0.1) is 0 Å². The topological polar surface area (TPSA) is 83.5 Å². The van der Waals surface area contributed by atoms with Crippen molar-refractivity contribution in [3.05, 3.63) is 11.1 Å². The van der Waals surface area contributed by atoms with E-state index in [-0.39, 0.29) is 45.7 Å². The Hall–Kier alpha value is -1.65. The Kier molecular flexibility index (Phi) is 5.32. The van der Waals surface area contributed by atoms with Crippen molar-refractivity contribution in [1.29, 1.82) is 0 Å². The van der Waals surface area contributed by atoms with Gasteiger partial charge in [0.1, 0.15) is 5.78 Å². The van der Waals surface area contributed by atoms with Gasteiger partial charge in [-0.25, -0.2) is 4.79 Å². The minimum atomic E-state index is -1.02. The fourth-order valence-electron chi connectivity index (χ4n) is 10.8. The molecule has 5 heteroatoms. The summed E-state index contributed by atoms with van der Waals surface area (Å²) in [5, 5.41) is 12.7. The van der Waals surface area contributed by atoms with Crippen LogP contribution >= 0.6 is 0 Å². The summed E-state index contributed by atoms with van der Waals surface area (Å²) in [6.45, 7) is 16.0. The van der Waals surface area contributed by atoms with Gasteiger partial charge in [0, 0.05) is 18.3 Å². The molecule has 0 heterocycles. The van der Waals surface area contributed by atoms with E-state index < -0.39 is 11.6 Å². The molecule has 0 spiro atoms. The Balaban J connectivity index is 1.61. The van der Waals surface area contributed by atoms with Crippen LogP contribution in [0.2, 0.25) is 0 Å². The van der Waals surface area contributed by atoms with Gasteiger partial charge in [0.15, 0.2) is 5.78 Å². The number of nitrogens with one attached hydrogen (secondary N) is 1. The Morgan fingerprint density at radius 3 is 2.23 bits per heavy atom. The van der Waals surface area contributed by atoms with E-state index in [9.17, 15) is 19.5 Å². The standard InChI is InChI=1S/C30H45NO4/c1-17(2)23-19(32)16-30(31-25(34)35)15-14-28(6)18(24(23)30)8-9-21-27(5)12-11-22(33)26(3,4)20(27)10-13-29(21,28)7/h17-18,20-21,31H,8-16H2,1-7H3,(H,34,35)/t18-,20+,21-,27+,28-,29-,30-/m1/s1. The Labute approximate surface area is 210 Å². The lowest BCUT2D eigenvalue weighted by molar-refractivity contribution is -0.208. The first kappa shape index (κ1) is 25.0. The second kappa shape index (κ2) is 7.44. The number of carboxylic acid groups (broad SMARTS) is 1. The first-order valence-electron chi connectivity index (χ1n) is 14.0. The molecule has 194 valence electrons. The zero-order chi connectivity index (χ0) is 25.8. The van der Waals surface area contributed by atoms with E-state index in [4.69, 9.17) is 0 Å². The smallest absolute Gasteiger partial charge is 0.405 e. The average Bonchev–Trinajstić information content (AvgIpc) is 3.03. The maximum atomic E-state index is 13.3. The van der Waals surface area contributed by atoms with E-state index in [2.05, 4.69) is 53.8 Å². The summed E-state index contributed by atoms with van der Waals surface area (Å²) in [7, 11) is 0. The quantitative estimate of drug-likeness (QED) is 0.466. The molecule has 4 fully saturated rings. The van der Waals surface area contributed by atoms with Crippen LogP contribution in [0.4, 0.5) is 4.79 Å². The third-order valence-corrected chi connectivity index (χ3v) is 12.5. The van der Waals surface area contributed by atoms with E-state index in [1.165, 1.54) is 0 Å². The van der Waals surface area contributed by atoms with Crippen LogP contribution in [0.3, 0.4) is 0 Å². The van der Waals surface area contributed by atoms with Crippen molar-refractivity contribution in [3.8, 4) is 0 Å². The van der Waals surface area contributed by atoms with Gasteiger partial charge in [-0.2, -0.15) is 0 Å². The molecule has 4 saturated carbocycles. The van der Waals surface area contributed by atoms with Gasteiger partial charge in [0.05, 0.1) is 5.54 Å². The Morgan fingerprint density at radius 2 is 1.60 bits per heavy atom. The van der Waals surface area contributed by atoms with Crippen molar-refractivity contribution in [1.82, 2.24) is 5.32 Å². The van der Waals surface area contributed by atoms with Gasteiger partial charge in [-0.3, -0.25) is 9.59 Å². The van der Waals surface area contributed by atoms with Gasteiger partial charge in [-0.1, -0.05) is 48.5 Å². The molecular formula is C30H45NO4. The highest BCUT2D eigenvalue weighted by molar-refractivity contribution is 6.02. The first-order valence-corrected chi connectivity index (χ1v) is 14.0. The number of allylic oxidation sites excluding steroid dienone is 1.